The third-order valence-corrected chi connectivity index (χ3v) is 1.93. The van der Waals surface area contributed by atoms with Gasteiger partial charge in [-0.3, -0.25) is 4.90 Å². The lowest BCUT2D eigenvalue weighted by molar-refractivity contribution is -0.149. The van der Waals surface area contributed by atoms with E-state index >= 15 is 0 Å². The smallest absolute Gasteiger partial charge is 0.389 e. The zero-order valence-electron chi connectivity index (χ0n) is 9.76. The SMILES string of the molecule is CCCN(CC(O)COCC)CC(F)(F)F. The molecule has 98 valence electrons. The summed E-state index contributed by atoms with van der Waals surface area (Å²) in [6, 6.07) is 0. The van der Waals surface area contributed by atoms with Gasteiger partial charge in [-0.05, 0) is 19.9 Å². The van der Waals surface area contributed by atoms with E-state index in [1.165, 1.54) is 4.90 Å². The van der Waals surface area contributed by atoms with E-state index in [9.17, 15) is 18.3 Å². The summed E-state index contributed by atoms with van der Waals surface area (Å²) in [6.07, 6.45) is -4.47. The van der Waals surface area contributed by atoms with Crippen molar-refractivity contribution in [3.63, 3.8) is 0 Å². The van der Waals surface area contributed by atoms with Gasteiger partial charge in [0.05, 0.1) is 19.3 Å². The van der Waals surface area contributed by atoms with Crippen molar-refractivity contribution in [3.05, 3.63) is 0 Å². The zero-order chi connectivity index (χ0) is 12.6. The van der Waals surface area contributed by atoms with Crippen LogP contribution in [0.2, 0.25) is 0 Å². The molecule has 3 nitrogen and oxygen atoms in total. The first-order chi connectivity index (χ1) is 7.39. The Kier molecular flexibility index (Phi) is 7.70. The first-order valence-corrected chi connectivity index (χ1v) is 5.44. The Morgan fingerprint density at radius 3 is 2.38 bits per heavy atom. The number of halogens is 3. The van der Waals surface area contributed by atoms with Gasteiger partial charge in [0.25, 0.3) is 0 Å². The maximum absolute atomic E-state index is 12.2. The Hall–Kier alpha value is -0.330. The minimum absolute atomic E-state index is 0.00660. The lowest BCUT2D eigenvalue weighted by atomic mass is 10.3. The Morgan fingerprint density at radius 1 is 1.31 bits per heavy atom. The van der Waals surface area contributed by atoms with E-state index in [0.29, 0.717) is 19.6 Å². The molecular weight excluding hydrogens is 223 g/mol. The largest absolute Gasteiger partial charge is 0.401 e. The van der Waals surface area contributed by atoms with Crippen molar-refractivity contribution in [2.45, 2.75) is 32.5 Å². The van der Waals surface area contributed by atoms with E-state index in [1.54, 1.807) is 13.8 Å². The topological polar surface area (TPSA) is 32.7 Å². The Balaban J connectivity index is 4.01. The number of nitrogens with zero attached hydrogens (tertiary/aromatic N) is 1. The van der Waals surface area contributed by atoms with E-state index in [1.807, 2.05) is 0 Å². The van der Waals surface area contributed by atoms with Gasteiger partial charge < -0.3 is 9.84 Å². The summed E-state index contributed by atoms with van der Waals surface area (Å²) in [5, 5.41) is 9.44. The van der Waals surface area contributed by atoms with Crippen LogP contribution in [-0.2, 0) is 4.74 Å². The van der Waals surface area contributed by atoms with Gasteiger partial charge >= 0.3 is 6.18 Å². The van der Waals surface area contributed by atoms with Crippen LogP contribution in [0.4, 0.5) is 13.2 Å². The molecule has 0 rings (SSSR count). The van der Waals surface area contributed by atoms with Gasteiger partial charge in [0.1, 0.15) is 0 Å². The zero-order valence-corrected chi connectivity index (χ0v) is 9.76. The summed E-state index contributed by atoms with van der Waals surface area (Å²) < 4.78 is 41.5. The summed E-state index contributed by atoms with van der Waals surface area (Å²) in [5.74, 6) is 0. The minimum Gasteiger partial charge on any atom is -0.389 e. The van der Waals surface area contributed by atoms with Crippen molar-refractivity contribution in [2.75, 3.05) is 32.8 Å². The molecule has 1 atom stereocenters. The van der Waals surface area contributed by atoms with Gasteiger partial charge in [0.15, 0.2) is 0 Å². The molecule has 0 aromatic heterocycles. The maximum Gasteiger partial charge on any atom is 0.401 e. The lowest BCUT2D eigenvalue weighted by Gasteiger charge is -2.25. The first-order valence-electron chi connectivity index (χ1n) is 5.44. The average molecular weight is 243 g/mol. The third kappa shape index (κ3) is 8.94. The molecule has 0 saturated heterocycles. The summed E-state index contributed by atoms with van der Waals surface area (Å²) >= 11 is 0. The second-order valence-electron chi connectivity index (χ2n) is 3.66. The molecule has 16 heavy (non-hydrogen) atoms. The predicted octanol–water partition coefficient (Wildman–Crippen LogP) is 1.66. The lowest BCUT2D eigenvalue weighted by Crippen LogP contribution is -2.41. The normalized spacial score (nSPS) is 14.4. The van der Waals surface area contributed by atoms with Gasteiger partial charge in [-0.1, -0.05) is 6.92 Å². The van der Waals surface area contributed by atoms with E-state index < -0.39 is 18.8 Å². The Labute approximate surface area is 94.2 Å². The van der Waals surface area contributed by atoms with E-state index in [2.05, 4.69) is 0 Å². The van der Waals surface area contributed by atoms with Gasteiger partial charge in [-0.25, -0.2) is 0 Å². The summed E-state index contributed by atoms with van der Waals surface area (Å²) in [6.45, 7) is 3.43. The molecule has 0 heterocycles. The molecule has 0 fully saturated rings. The Bertz CT molecular complexity index is 176. The van der Waals surface area contributed by atoms with Gasteiger partial charge in [-0.15, -0.1) is 0 Å². The molecule has 1 N–H and O–H groups in total. The van der Waals surface area contributed by atoms with Crippen LogP contribution in [0.5, 0.6) is 0 Å². The van der Waals surface area contributed by atoms with Gasteiger partial charge in [-0.2, -0.15) is 13.2 Å². The number of aliphatic hydroxyl groups excluding tert-OH is 1. The van der Waals surface area contributed by atoms with Crippen LogP contribution in [0, 0.1) is 0 Å². The fourth-order valence-electron chi connectivity index (χ4n) is 1.41. The molecule has 0 aromatic rings. The molecule has 0 aliphatic heterocycles. The van der Waals surface area contributed by atoms with Crippen molar-refractivity contribution in [1.29, 1.82) is 0 Å². The van der Waals surface area contributed by atoms with Crippen molar-refractivity contribution >= 4 is 0 Å². The second-order valence-corrected chi connectivity index (χ2v) is 3.66. The maximum atomic E-state index is 12.2. The van der Waals surface area contributed by atoms with Crippen molar-refractivity contribution in [1.82, 2.24) is 4.90 Å². The molecule has 6 heteroatoms. The predicted molar refractivity (Wildman–Crippen MR) is 55.3 cm³/mol. The number of aliphatic hydroxyl groups is 1. The molecule has 0 amide bonds. The molecule has 0 spiro atoms. The molecule has 0 radical (unpaired) electrons. The molecule has 0 aliphatic rings. The molecular formula is C10H20F3NO2. The van der Waals surface area contributed by atoms with Crippen LogP contribution in [0.3, 0.4) is 0 Å². The monoisotopic (exact) mass is 243 g/mol. The quantitative estimate of drug-likeness (QED) is 0.703. The number of alkyl halides is 3. The molecule has 0 saturated carbocycles. The number of hydrogen-bond donors (Lipinski definition) is 1. The third-order valence-electron chi connectivity index (χ3n) is 1.93. The first kappa shape index (κ1) is 15.7. The molecule has 0 aliphatic carbocycles. The van der Waals surface area contributed by atoms with Crippen LogP contribution in [-0.4, -0.2) is 55.1 Å². The minimum atomic E-state index is -4.22. The summed E-state index contributed by atoms with van der Waals surface area (Å²) in [4.78, 5) is 1.20. The highest BCUT2D eigenvalue weighted by Gasteiger charge is 2.30. The van der Waals surface area contributed by atoms with Crippen LogP contribution >= 0.6 is 0 Å². The van der Waals surface area contributed by atoms with Crippen molar-refractivity contribution in [3.8, 4) is 0 Å². The fourth-order valence-corrected chi connectivity index (χ4v) is 1.41. The second kappa shape index (κ2) is 7.86. The van der Waals surface area contributed by atoms with E-state index in [0.717, 1.165) is 0 Å². The highest BCUT2D eigenvalue weighted by atomic mass is 19.4. The van der Waals surface area contributed by atoms with Gasteiger partial charge in [0, 0.05) is 13.2 Å². The van der Waals surface area contributed by atoms with Crippen molar-refractivity contribution in [2.24, 2.45) is 0 Å². The van der Waals surface area contributed by atoms with Crippen LogP contribution in [0.1, 0.15) is 20.3 Å². The average Bonchev–Trinajstić information content (AvgIpc) is 2.12. The van der Waals surface area contributed by atoms with Crippen LogP contribution in [0.15, 0.2) is 0 Å². The summed E-state index contributed by atoms with van der Waals surface area (Å²) in [7, 11) is 0. The van der Waals surface area contributed by atoms with Crippen LogP contribution < -0.4 is 0 Å². The highest BCUT2D eigenvalue weighted by molar-refractivity contribution is 4.67. The Morgan fingerprint density at radius 2 is 1.94 bits per heavy atom. The molecule has 1 unspecified atom stereocenters. The van der Waals surface area contributed by atoms with Crippen molar-refractivity contribution < 1.29 is 23.0 Å². The van der Waals surface area contributed by atoms with E-state index in [4.69, 9.17) is 4.74 Å². The standard InChI is InChI=1S/C10H20F3NO2/c1-3-5-14(8-10(11,12)13)6-9(15)7-16-4-2/h9,15H,3-8H2,1-2H3. The molecule has 0 aromatic carbocycles. The van der Waals surface area contributed by atoms with E-state index in [-0.39, 0.29) is 13.2 Å². The number of ether oxygens (including phenoxy) is 1. The highest BCUT2D eigenvalue weighted by Crippen LogP contribution is 2.16. The molecule has 0 bridgehead atoms. The van der Waals surface area contributed by atoms with Crippen LogP contribution in [0.25, 0.3) is 0 Å². The fraction of sp³-hybridized carbons (Fsp3) is 1.00. The number of rotatable bonds is 8. The summed E-state index contributed by atoms with van der Waals surface area (Å²) in [5.41, 5.74) is 0. The number of hydrogen-bond acceptors (Lipinski definition) is 3. The van der Waals surface area contributed by atoms with Gasteiger partial charge in [0.2, 0.25) is 0 Å².